The first-order valence-corrected chi connectivity index (χ1v) is 11.9. The molecule has 0 saturated heterocycles. The van der Waals surface area contributed by atoms with Crippen LogP contribution in [-0.4, -0.2) is 37.5 Å². The molecule has 0 aliphatic carbocycles. The Balaban J connectivity index is 0.000000409. The third-order valence-corrected chi connectivity index (χ3v) is 8.05. The van der Waals surface area contributed by atoms with Crippen molar-refractivity contribution >= 4 is 55.3 Å². The highest BCUT2D eigenvalue weighted by atomic mass is 32.2. The fraction of sp³-hybridized carbons (Fsp3) is 0.125. The first-order chi connectivity index (χ1) is 12.8. The van der Waals surface area contributed by atoms with Crippen LogP contribution in [0.25, 0.3) is 0 Å². The lowest BCUT2D eigenvalue weighted by molar-refractivity contribution is -0.134. The molecule has 1 heterocycles. The van der Waals surface area contributed by atoms with Crippen LogP contribution in [0.1, 0.15) is 13.8 Å². The highest BCUT2D eigenvalue weighted by molar-refractivity contribution is 8.05. The van der Waals surface area contributed by atoms with Crippen LogP contribution >= 0.6 is 23.5 Å². The van der Waals surface area contributed by atoms with Gasteiger partial charge in [-0.15, -0.1) is 0 Å². The van der Waals surface area contributed by atoms with Crippen LogP contribution in [0, 0.1) is 0 Å². The van der Waals surface area contributed by atoms with E-state index in [1.807, 2.05) is 12.1 Å². The van der Waals surface area contributed by atoms with E-state index in [0.29, 0.717) is 4.90 Å². The van der Waals surface area contributed by atoms with E-state index in [2.05, 4.69) is 0 Å². The third-order valence-electron chi connectivity index (χ3n) is 3.35. The maximum absolute atomic E-state index is 11.6. The average molecular weight is 463 g/mol. The van der Waals surface area contributed by atoms with Crippen molar-refractivity contribution in [2.24, 2.45) is 0 Å². The lowest BCUT2D eigenvalue weighted by Gasteiger charge is -2.20. The van der Waals surface area contributed by atoms with Crippen LogP contribution in [0.5, 0.6) is 0 Å². The van der Waals surface area contributed by atoms with E-state index in [-0.39, 0.29) is 16.5 Å². The fourth-order valence-electron chi connectivity index (χ4n) is 2.00. The minimum absolute atomic E-state index is 0.0846. The smallest absolute Gasteiger partial charge is 0.291 e. The van der Waals surface area contributed by atoms with Gasteiger partial charge in [0, 0.05) is 33.4 Å². The molecule has 0 amide bonds. The van der Waals surface area contributed by atoms with Gasteiger partial charge in [0.05, 0.1) is 0 Å². The molecule has 8 nitrogen and oxygen atoms in total. The molecule has 2 aromatic rings. The molecule has 0 aromatic heterocycles. The SMILES string of the molecule is CC(=O)C(C)=O.O=S(=O)(O)c1ccc2c(c1S(=O)(=O)O)Sc1ccccc1S2. The Bertz CT molecular complexity index is 1160. The normalized spacial score (nSPS) is 12.9. The molecule has 2 aromatic carbocycles. The maximum Gasteiger partial charge on any atom is 0.297 e. The van der Waals surface area contributed by atoms with E-state index >= 15 is 0 Å². The number of rotatable bonds is 3. The summed E-state index contributed by atoms with van der Waals surface area (Å²) in [5.41, 5.74) is 0. The molecular weight excluding hydrogens is 448 g/mol. The molecule has 1 aliphatic rings. The van der Waals surface area contributed by atoms with Gasteiger partial charge in [-0.25, -0.2) is 0 Å². The van der Waals surface area contributed by atoms with Gasteiger partial charge in [0.15, 0.2) is 11.6 Å². The van der Waals surface area contributed by atoms with Crippen molar-refractivity contribution in [2.75, 3.05) is 0 Å². The van der Waals surface area contributed by atoms with Gasteiger partial charge >= 0.3 is 0 Å². The first kappa shape index (κ1) is 22.6. The van der Waals surface area contributed by atoms with E-state index < -0.39 is 30.0 Å². The molecular formula is C16H14O8S4. The van der Waals surface area contributed by atoms with Gasteiger partial charge in [-0.3, -0.25) is 18.7 Å². The largest absolute Gasteiger partial charge is 0.297 e. The van der Waals surface area contributed by atoms with Gasteiger partial charge in [0.2, 0.25) is 0 Å². The molecule has 2 N–H and O–H groups in total. The molecule has 0 fully saturated rings. The first-order valence-electron chi connectivity index (χ1n) is 7.40. The Kier molecular flexibility index (Phi) is 6.74. The van der Waals surface area contributed by atoms with Crippen molar-refractivity contribution in [1.82, 2.24) is 0 Å². The molecule has 0 bridgehead atoms. The van der Waals surface area contributed by atoms with E-state index in [0.717, 1.165) is 27.6 Å². The third kappa shape index (κ3) is 5.21. The van der Waals surface area contributed by atoms with Crippen molar-refractivity contribution in [3.63, 3.8) is 0 Å². The summed E-state index contributed by atoms with van der Waals surface area (Å²) < 4.78 is 64.7. The van der Waals surface area contributed by atoms with Crippen molar-refractivity contribution in [1.29, 1.82) is 0 Å². The highest BCUT2D eigenvalue weighted by Gasteiger charge is 2.32. The van der Waals surface area contributed by atoms with Gasteiger partial charge in [-0.2, -0.15) is 16.8 Å². The molecule has 0 unspecified atom stereocenters. The number of hydrogen-bond donors (Lipinski definition) is 2. The van der Waals surface area contributed by atoms with Gasteiger partial charge in [0.25, 0.3) is 20.2 Å². The van der Waals surface area contributed by atoms with Gasteiger partial charge in [-0.1, -0.05) is 35.7 Å². The summed E-state index contributed by atoms with van der Waals surface area (Å²) in [6.45, 7) is 2.50. The Morgan fingerprint density at radius 3 is 1.68 bits per heavy atom. The molecule has 12 heteroatoms. The molecule has 28 heavy (non-hydrogen) atoms. The second-order valence-electron chi connectivity index (χ2n) is 5.43. The average Bonchev–Trinajstić information content (AvgIpc) is 2.57. The summed E-state index contributed by atoms with van der Waals surface area (Å²) in [6.07, 6.45) is 0. The fourth-order valence-corrected chi connectivity index (χ4v) is 6.73. The van der Waals surface area contributed by atoms with Crippen LogP contribution in [0.3, 0.4) is 0 Å². The number of benzene rings is 2. The molecule has 150 valence electrons. The molecule has 0 saturated carbocycles. The number of carbonyl (C=O) groups excluding carboxylic acids is 2. The van der Waals surface area contributed by atoms with E-state index in [4.69, 9.17) is 0 Å². The summed E-state index contributed by atoms with van der Waals surface area (Å²) in [5, 5.41) is 0. The lowest BCUT2D eigenvalue weighted by atomic mass is 10.3. The molecule has 3 rings (SSSR count). The lowest BCUT2D eigenvalue weighted by Crippen LogP contribution is -2.11. The van der Waals surface area contributed by atoms with E-state index in [1.165, 1.54) is 31.7 Å². The number of Topliss-reactive ketones (excluding diaryl/α,β-unsaturated/α-hetero) is 2. The zero-order valence-electron chi connectivity index (χ0n) is 14.4. The minimum Gasteiger partial charge on any atom is -0.291 e. The van der Waals surface area contributed by atoms with Crippen LogP contribution in [-0.2, 0) is 29.8 Å². The Labute approximate surface area is 170 Å². The van der Waals surface area contributed by atoms with Crippen LogP contribution in [0.4, 0.5) is 0 Å². The van der Waals surface area contributed by atoms with E-state index in [9.17, 15) is 35.5 Å². The van der Waals surface area contributed by atoms with Crippen LogP contribution in [0.15, 0.2) is 65.8 Å². The number of hydrogen-bond acceptors (Lipinski definition) is 8. The summed E-state index contributed by atoms with van der Waals surface area (Å²) in [7, 11) is -9.62. The van der Waals surface area contributed by atoms with Crippen molar-refractivity contribution in [3.8, 4) is 0 Å². The quantitative estimate of drug-likeness (QED) is 0.440. The summed E-state index contributed by atoms with van der Waals surface area (Å²) in [5.74, 6) is -0.759. The molecule has 0 atom stereocenters. The van der Waals surface area contributed by atoms with Crippen LogP contribution < -0.4 is 0 Å². The Morgan fingerprint density at radius 1 is 0.750 bits per heavy atom. The monoisotopic (exact) mass is 462 g/mol. The zero-order valence-corrected chi connectivity index (χ0v) is 17.7. The van der Waals surface area contributed by atoms with Gasteiger partial charge in [-0.05, 0) is 24.3 Å². The van der Waals surface area contributed by atoms with E-state index in [1.54, 1.807) is 12.1 Å². The standard InChI is InChI=1S/C12H8O6S4.C4H6O2/c13-21(14,15)10-6-5-9-11(12(10)22(16,17)18)20-8-4-2-1-3-7(8)19-9;1-3(5)4(2)6/h1-6H,(H,13,14,15)(H,16,17,18);1-2H3. The number of fused-ring (bicyclic) bond motifs is 2. The topological polar surface area (TPSA) is 143 Å². The Hall–Kier alpha value is -1.70. The summed E-state index contributed by atoms with van der Waals surface area (Å²) in [6, 6.07) is 9.56. The van der Waals surface area contributed by atoms with Crippen molar-refractivity contribution < 1.29 is 35.5 Å². The summed E-state index contributed by atoms with van der Waals surface area (Å²) in [4.78, 5) is 20.2. The highest BCUT2D eigenvalue weighted by Crippen LogP contribution is 2.51. The second kappa shape index (κ2) is 8.35. The second-order valence-corrected chi connectivity index (χ2v) is 10.3. The maximum atomic E-state index is 11.6. The van der Waals surface area contributed by atoms with Crippen molar-refractivity contribution in [2.45, 2.75) is 43.2 Å². The minimum atomic E-state index is -4.83. The predicted octanol–water partition coefficient (Wildman–Crippen LogP) is 2.96. The predicted molar refractivity (Wildman–Crippen MR) is 102 cm³/mol. The summed E-state index contributed by atoms with van der Waals surface area (Å²) >= 11 is 2.29. The Morgan fingerprint density at radius 2 is 1.25 bits per heavy atom. The number of carbonyl (C=O) groups is 2. The van der Waals surface area contributed by atoms with Gasteiger partial charge in [0.1, 0.15) is 9.79 Å². The van der Waals surface area contributed by atoms with Crippen LogP contribution in [0.2, 0.25) is 0 Å². The molecule has 0 spiro atoms. The van der Waals surface area contributed by atoms with Gasteiger partial charge < -0.3 is 0 Å². The molecule has 1 aliphatic heterocycles. The molecule has 0 radical (unpaired) electrons. The van der Waals surface area contributed by atoms with Crippen molar-refractivity contribution in [3.05, 3.63) is 36.4 Å². The number of ketones is 2. The zero-order chi connectivity index (χ0) is 21.3.